The highest BCUT2D eigenvalue weighted by molar-refractivity contribution is 6.09. The van der Waals surface area contributed by atoms with Crippen LogP contribution in [0.1, 0.15) is 11.1 Å². The normalized spacial score (nSPS) is 10.7. The second-order valence-corrected chi connectivity index (χ2v) is 4.77. The van der Waals surface area contributed by atoms with Gasteiger partial charge in [0.15, 0.2) is 0 Å². The van der Waals surface area contributed by atoms with E-state index in [-0.39, 0.29) is 5.57 Å². The summed E-state index contributed by atoms with van der Waals surface area (Å²) in [5, 5.41) is 11.9. The van der Waals surface area contributed by atoms with Crippen LogP contribution in [0.5, 0.6) is 5.75 Å². The number of amides is 1. The molecule has 4 heteroatoms. The lowest BCUT2D eigenvalue weighted by atomic mass is 10.1. The van der Waals surface area contributed by atoms with Crippen LogP contribution in [0.15, 0.2) is 54.1 Å². The molecule has 2 aromatic carbocycles. The Morgan fingerprint density at radius 3 is 2.55 bits per heavy atom. The Balaban J connectivity index is 2.17. The molecule has 0 aliphatic heterocycles. The predicted octanol–water partition coefficient (Wildman–Crippen LogP) is 3.55. The van der Waals surface area contributed by atoms with Crippen LogP contribution in [0.25, 0.3) is 6.08 Å². The van der Waals surface area contributed by atoms with Crippen molar-refractivity contribution in [2.45, 2.75) is 6.92 Å². The summed E-state index contributed by atoms with van der Waals surface area (Å²) in [5.74, 6) is 0.295. The molecule has 22 heavy (non-hydrogen) atoms. The third kappa shape index (κ3) is 3.97. The zero-order chi connectivity index (χ0) is 15.9. The van der Waals surface area contributed by atoms with Crippen molar-refractivity contribution in [3.63, 3.8) is 0 Å². The van der Waals surface area contributed by atoms with Crippen LogP contribution in [0, 0.1) is 18.3 Å². The molecule has 0 heterocycles. The quantitative estimate of drug-likeness (QED) is 0.692. The van der Waals surface area contributed by atoms with Crippen LogP contribution < -0.4 is 10.1 Å². The van der Waals surface area contributed by atoms with Crippen LogP contribution in [0.3, 0.4) is 0 Å². The second kappa shape index (κ2) is 7.09. The topological polar surface area (TPSA) is 62.1 Å². The molecule has 0 saturated carbocycles. The third-order valence-corrected chi connectivity index (χ3v) is 3.07. The molecule has 0 spiro atoms. The van der Waals surface area contributed by atoms with Gasteiger partial charge in [-0.05, 0) is 48.4 Å². The van der Waals surface area contributed by atoms with Gasteiger partial charge in [-0.25, -0.2) is 0 Å². The number of benzene rings is 2. The largest absolute Gasteiger partial charge is 0.497 e. The molecule has 0 aromatic heterocycles. The van der Waals surface area contributed by atoms with Gasteiger partial charge in [-0.3, -0.25) is 4.79 Å². The summed E-state index contributed by atoms with van der Waals surface area (Å²) in [4.78, 5) is 12.2. The fourth-order valence-electron chi connectivity index (χ4n) is 1.94. The first-order valence-corrected chi connectivity index (χ1v) is 6.76. The molecule has 0 unspecified atom stereocenters. The van der Waals surface area contributed by atoms with Crippen molar-refractivity contribution >= 4 is 17.7 Å². The molecule has 0 saturated heterocycles. The Kier molecular flexibility index (Phi) is 4.94. The zero-order valence-corrected chi connectivity index (χ0v) is 12.5. The number of anilines is 1. The standard InChI is InChI=1S/C18H16N2O2/c1-13-4-3-5-16(10-13)20-18(21)15(12-19)11-14-6-8-17(22-2)9-7-14/h3-11H,1-2H3,(H,20,21)/b15-11+. The van der Waals surface area contributed by atoms with Crippen LogP contribution in [-0.2, 0) is 4.79 Å². The van der Waals surface area contributed by atoms with Gasteiger partial charge in [0.1, 0.15) is 17.4 Å². The van der Waals surface area contributed by atoms with E-state index in [1.807, 2.05) is 31.2 Å². The smallest absolute Gasteiger partial charge is 0.266 e. The number of carbonyl (C=O) groups is 1. The fraction of sp³-hybridized carbons (Fsp3) is 0.111. The van der Waals surface area contributed by atoms with Gasteiger partial charge in [0.2, 0.25) is 0 Å². The molecule has 2 rings (SSSR count). The number of nitriles is 1. The number of rotatable bonds is 4. The van der Waals surface area contributed by atoms with E-state index in [0.29, 0.717) is 5.69 Å². The Morgan fingerprint density at radius 1 is 1.23 bits per heavy atom. The van der Waals surface area contributed by atoms with Crippen LogP contribution in [0.4, 0.5) is 5.69 Å². The van der Waals surface area contributed by atoms with Gasteiger partial charge >= 0.3 is 0 Å². The minimum absolute atomic E-state index is 0.0478. The highest BCUT2D eigenvalue weighted by atomic mass is 16.5. The van der Waals surface area contributed by atoms with Crippen LogP contribution in [0.2, 0.25) is 0 Å². The maximum Gasteiger partial charge on any atom is 0.266 e. The highest BCUT2D eigenvalue weighted by Gasteiger charge is 2.09. The minimum Gasteiger partial charge on any atom is -0.497 e. The van der Waals surface area contributed by atoms with Crippen molar-refractivity contribution in [2.75, 3.05) is 12.4 Å². The lowest BCUT2D eigenvalue weighted by molar-refractivity contribution is -0.112. The van der Waals surface area contributed by atoms with Gasteiger partial charge in [0, 0.05) is 5.69 Å². The Morgan fingerprint density at radius 2 is 1.95 bits per heavy atom. The first-order chi connectivity index (χ1) is 10.6. The number of hydrogen-bond acceptors (Lipinski definition) is 3. The molecule has 1 amide bonds. The molecule has 0 fully saturated rings. The Bertz CT molecular complexity index is 740. The second-order valence-electron chi connectivity index (χ2n) is 4.77. The van der Waals surface area contributed by atoms with Crippen molar-refractivity contribution in [3.05, 3.63) is 65.2 Å². The summed E-state index contributed by atoms with van der Waals surface area (Å²) in [6.45, 7) is 1.94. The molecule has 4 nitrogen and oxygen atoms in total. The van der Waals surface area contributed by atoms with Crippen molar-refractivity contribution in [1.82, 2.24) is 0 Å². The van der Waals surface area contributed by atoms with E-state index in [1.54, 1.807) is 43.5 Å². The molecule has 0 radical (unpaired) electrons. The SMILES string of the molecule is COc1ccc(/C=C(\C#N)C(=O)Nc2cccc(C)c2)cc1. The summed E-state index contributed by atoms with van der Waals surface area (Å²) in [5.41, 5.74) is 2.51. The molecule has 2 aromatic rings. The summed E-state index contributed by atoms with van der Waals surface area (Å²) in [6.07, 6.45) is 1.55. The molecule has 0 aliphatic carbocycles. The first kappa shape index (κ1) is 15.3. The van der Waals surface area contributed by atoms with Gasteiger partial charge in [-0.2, -0.15) is 5.26 Å². The lowest BCUT2D eigenvalue weighted by Crippen LogP contribution is -2.13. The molecular formula is C18H16N2O2. The van der Waals surface area contributed by atoms with Crippen LogP contribution in [-0.4, -0.2) is 13.0 Å². The number of nitrogens with zero attached hydrogens (tertiary/aromatic N) is 1. The van der Waals surface area contributed by atoms with Gasteiger partial charge in [0.05, 0.1) is 7.11 Å². The van der Waals surface area contributed by atoms with Crippen molar-refractivity contribution in [1.29, 1.82) is 5.26 Å². The van der Waals surface area contributed by atoms with E-state index >= 15 is 0 Å². The number of nitrogens with one attached hydrogen (secondary N) is 1. The van der Waals surface area contributed by atoms with Gasteiger partial charge in [-0.15, -0.1) is 0 Å². The summed E-state index contributed by atoms with van der Waals surface area (Å²) in [7, 11) is 1.58. The monoisotopic (exact) mass is 292 g/mol. The van der Waals surface area contributed by atoms with E-state index in [0.717, 1.165) is 16.9 Å². The molecule has 1 N–H and O–H groups in total. The number of aryl methyl sites for hydroxylation is 1. The summed E-state index contributed by atoms with van der Waals surface area (Å²) >= 11 is 0. The van der Waals surface area contributed by atoms with E-state index in [4.69, 9.17) is 4.74 Å². The van der Waals surface area contributed by atoms with E-state index in [2.05, 4.69) is 5.32 Å². The van der Waals surface area contributed by atoms with Crippen LogP contribution >= 0.6 is 0 Å². The number of carbonyl (C=O) groups excluding carboxylic acids is 1. The number of hydrogen-bond donors (Lipinski definition) is 1. The van der Waals surface area contributed by atoms with Gasteiger partial charge in [-0.1, -0.05) is 24.3 Å². The number of ether oxygens (including phenoxy) is 1. The van der Waals surface area contributed by atoms with E-state index in [9.17, 15) is 10.1 Å². The molecule has 0 aliphatic rings. The number of methoxy groups -OCH3 is 1. The first-order valence-electron chi connectivity index (χ1n) is 6.76. The average Bonchev–Trinajstić information content (AvgIpc) is 2.53. The Hall–Kier alpha value is -3.06. The zero-order valence-electron chi connectivity index (χ0n) is 12.5. The van der Waals surface area contributed by atoms with E-state index in [1.165, 1.54) is 0 Å². The maximum atomic E-state index is 12.2. The molecule has 110 valence electrons. The fourth-order valence-corrected chi connectivity index (χ4v) is 1.94. The van der Waals surface area contributed by atoms with E-state index < -0.39 is 5.91 Å². The minimum atomic E-state index is -0.427. The van der Waals surface area contributed by atoms with Crippen molar-refractivity contribution < 1.29 is 9.53 Å². The van der Waals surface area contributed by atoms with Gasteiger partial charge in [0.25, 0.3) is 5.91 Å². The maximum absolute atomic E-state index is 12.2. The highest BCUT2D eigenvalue weighted by Crippen LogP contribution is 2.15. The lowest BCUT2D eigenvalue weighted by Gasteiger charge is -2.05. The predicted molar refractivity (Wildman–Crippen MR) is 86.4 cm³/mol. The third-order valence-electron chi connectivity index (χ3n) is 3.07. The molecule has 0 atom stereocenters. The van der Waals surface area contributed by atoms with Crippen molar-refractivity contribution in [2.24, 2.45) is 0 Å². The van der Waals surface area contributed by atoms with Gasteiger partial charge < -0.3 is 10.1 Å². The summed E-state index contributed by atoms with van der Waals surface area (Å²) < 4.78 is 5.07. The van der Waals surface area contributed by atoms with Crippen molar-refractivity contribution in [3.8, 4) is 11.8 Å². The molecule has 0 bridgehead atoms. The Labute approximate surface area is 129 Å². The molecular weight excluding hydrogens is 276 g/mol. The average molecular weight is 292 g/mol. The summed E-state index contributed by atoms with van der Waals surface area (Å²) in [6, 6.07) is 16.5.